The Balaban J connectivity index is 1.88. The zero-order valence-corrected chi connectivity index (χ0v) is 9.95. The van der Waals surface area contributed by atoms with Gasteiger partial charge in [-0.3, -0.25) is 9.58 Å². The van der Waals surface area contributed by atoms with Gasteiger partial charge in [0.05, 0.1) is 17.9 Å². The number of hydrogen-bond acceptors (Lipinski definition) is 3. The molecule has 0 saturated carbocycles. The van der Waals surface area contributed by atoms with Gasteiger partial charge in [0, 0.05) is 33.2 Å². The first kappa shape index (κ1) is 10.3. The Bertz CT molecular complexity index is 365. The zero-order chi connectivity index (χ0) is 11.0. The van der Waals surface area contributed by atoms with Crippen LogP contribution in [-0.2, 0) is 13.5 Å². The Morgan fingerprint density at radius 2 is 2.19 bits per heavy atom. The SMILES string of the molecule is Cn1ncc2c1C(N1CCNCC1)CCC2. The molecule has 0 spiro atoms. The number of nitrogens with one attached hydrogen (secondary N) is 1. The van der Waals surface area contributed by atoms with E-state index in [9.17, 15) is 0 Å². The molecule has 16 heavy (non-hydrogen) atoms. The Labute approximate surface area is 96.6 Å². The molecule has 1 fully saturated rings. The quantitative estimate of drug-likeness (QED) is 0.756. The van der Waals surface area contributed by atoms with Crippen LogP contribution in [0.5, 0.6) is 0 Å². The molecular formula is C12H20N4. The summed E-state index contributed by atoms with van der Waals surface area (Å²) in [7, 11) is 2.08. The normalized spacial score (nSPS) is 26.7. The van der Waals surface area contributed by atoms with Crippen LogP contribution >= 0.6 is 0 Å². The van der Waals surface area contributed by atoms with Crippen LogP contribution in [0, 0.1) is 0 Å². The van der Waals surface area contributed by atoms with Crippen LogP contribution in [0.1, 0.15) is 30.1 Å². The maximum atomic E-state index is 4.42. The molecule has 1 aromatic heterocycles. The molecule has 2 heterocycles. The number of fused-ring (bicyclic) bond motifs is 1. The van der Waals surface area contributed by atoms with Gasteiger partial charge in [0.2, 0.25) is 0 Å². The highest BCUT2D eigenvalue weighted by atomic mass is 15.3. The maximum Gasteiger partial charge on any atom is 0.0584 e. The Morgan fingerprint density at radius 3 is 3.00 bits per heavy atom. The molecule has 4 nitrogen and oxygen atoms in total. The van der Waals surface area contributed by atoms with Crippen molar-refractivity contribution in [1.29, 1.82) is 0 Å². The van der Waals surface area contributed by atoms with E-state index in [2.05, 4.69) is 33.2 Å². The highest BCUT2D eigenvalue weighted by Crippen LogP contribution is 2.33. The summed E-state index contributed by atoms with van der Waals surface area (Å²) in [6.45, 7) is 4.61. The molecule has 1 aliphatic heterocycles. The van der Waals surface area contributed by atoms with Gasteiger partial charge in [0.1, 0.15) is 0 Å². The summed E-state index contributed by atoms with van der Waals surface area (Å²) in [4.78, 5) is 2.62. The predicted molar refractivity (Wildman–Crippen MR) is 63.3 cm³/mol. The van der Waals surface area contributed by atoms with Gasteiger partial charge in [-0.2, -0.15) is 5.10 Å². The van der Waals surface area contributed by atoms with E-state index in [0.717, 1.165) is 13.1 Å². The van der Waals surface area contributed by atoms with Crippen molar-refractivity contribution in [3.8, 4) is 0 Å². The molecular weight excluding hydrogens is 200 g/mol. The van der Waals surface area contributed by atoms with Gasteiger partial charge in [-0.15, -0.1) is 0 Å². The lowest BCUT2D eigenvalue weighted by Gasteiger charge is -2.37. The summed E-state index contributed by atoms with van der Waals surface area (Å²) in [6, 6.07) is 0.610. The molecule has 1 N–H and O–H groups in total. The van der Waals surface area contributed by atoms with E-state index in [1.165, 1.54) is 43.6 Å². The summed E-state index contributed by atoms with van der Waals surface area (Å²) < 4.78 is 2.08. The molecule has 1 aromatic rings. The van der Waals surface area contributed by atoms with E-state index in [1.807, 2.05) is 0 Å². The van der Waals surface area contributed by atoms with Gasteiger partial charge in [0.15, 0.2) is 0 Å². The first-order valence-electron chi connectivity index (χ1n) is 6.32. The van der Waals surface area contributed by atoms with Crippen molar-refractivity contribution in [1.82, 2.24) is 20.0 Å². The zero-order valence-electron chi connectivity index (χ0n) is 9.95. The van der Waals surface area contributed by atoms with Crippen molar-refractivity contribution < 1.29 is 0 Å². The number of hydrogen-bond donors (Lipinski definition) is 1. The summed E-state index contributed by atoms with van der Waals surface area (Å²) in [5.41, 5.74) is 2.94. The largest absolute Gasteiger partial charge is 0.314 e. The van der Waals surface area contributed by atoms with Crippen molar-refractivity contribution in [2.24, 2.45) is 7.05 Å². The van der Waals surface area contributed by atoms with Crippen molar-refractivity contribution in [2.75, 3.05) is 26.2 Å². The highest BCUT2D eigenvalue weighted by Gasteiger charge is 2.29. The molecule has 0 radical (unpaired) electrons. The minimum absolute atomic E-state index is 0.610. The highest BCUT2D eigenvalue weighted by molar-refractivity contribution is 5.24. The number of aromatic nitrogens is 2. The minimum Gasteiger partial charge on any atom is -0.314 e. The molecule has 88 valence electrons. The Hall–Kier alpha value is -0.870. The molecule has 1 aliphatic carbocycles. The molecule has 3 rings (SSSR count). The lowest BCUT2D eigenvalue weighted by atomic mass is 9.92. The van der Waals surface area contributed by atoms with Crippen molar-refractivity contribution in [3.05, 3.63) is 17.5 Å². The fourth-order valence-corrected chi connectivity index (χ4v) is 3.09. The van der Waals surface area contributed by atoms with Gasteiger partial charge in [-0.05, 0) is 24.8 Å². The minimum atomic E-state index is 0.610. The van der Waals surface area contributed by atoms with Crippen LogP contribution in [0.15, 0.2) is 6.20 Å². The third kappa shape index (κ3) is 1.66. The molecule has 1 saturated heterocycles. The fourth-order valence-electron chi connectivity index (χ4n) is 3.09. The number of aryl methyl sites for hydroxylation is 2. The van der Waals surface area contributed by atoms with Crippen LogP contribution < -0.4 is 5.32 Å². The lowest BCUT2D eigenvalue weighted by Crippen LogP contribution is -2.46. The van der Waals surface area contributed by atoms with E-state index < -0.39 is 0 Å². The summed E-state index contributed by atoms with van der Waals surface area (Å²) in [5.74, 6) is 0. The topological polar surface area (TPSA) is 33.1 Å². The molecule has 4 heteroatoms. The van der Waals surface area contributed by atoms with Crippen molar-refractivity contribution in [3.63, 3.8) is 0 Å². The van der Waals surface area contributed by atoms with Gasteiger partial charge in [-0.25, -0.2) is 0 Å². The van der Waals surface area contributed by atoms with Gasteiger partial charge in [-0.1, -0.05) is 0 Å². The Kier molecular flexibility index (Phi) is 2.69. The second kappa shape index (κ2) is 4.18. The third-order valence-electron chi connectivity index (χ3n) is 3.90. The standard InChI is InChI=1S/C12H20N4/c1-15-12-10(9-14-15)3-2-4-11(12)16-7-5-13-6-8-16/h9,11,13H,2-8H2,1H3. The van der Waals surface area contributed by atoms with Crippen LogP contribution in [-0.4, -0.2) is 40.9 Å². The summed E-state index contributed by atoms with van der Waals surface area (Å²) in [5, 5.41) is 7.84. The van der Waals surface area contributed by atoms with Gasteiger partial charge in [0.25, 0.3) is 0 Å². The van der Waals surface area contributed by atoms with Crippen LogP contribution in [0.3, 0.4) is 0 Å². The molecule has 2 aliphatic rings. The van der Waals surface area contributed by atoms with Crippen molar-refractivity contribution in [2.45, 2.75) is 25.3 Å². The second-order valence-electron chi connectivity index (χ2n) is 4.87. The third-order valence-corrected chi connectivity index (χ3v) is 3.90. The van der Waals surface area contributed by atoms with E-state index in [-0.39, 0.29) is 0 Å². The number of piperazine rings is 1. The summed E-state index contributed by atoms with van der Waals surface area (Å²) >= 11 is 0. The molecule has 0 aromatic carbocycles. The Morgan fingerprint density at radius 1 is 1.38 bits per heavy atom. The van der Waals surface area contributed by atoms with Gasteiger partial charge >= 0.3 is 0 Å². The second-order valence-corrected chi connectivity index (χ2v) is 4.87. The van der Waals surface area contributed by atoms with Crippen LogP contribution in [0.4, 0.5) is 0 Å². The first-order valence-corrected chi connectivity index (χ1v) is 6.32. The van der Waals surface area contributed by atoms with Crippen LogP contribution in [0.25, 0.3) is 0 Å². The molecule has 1 atom stereocenters. The van der Waals surface area contributed by atoms with E-state index in [0.29, 0.717) is 6.04 Å². The van der Waals surface area contributed by atoms with E-state index >= 15 is 0 Å². The summed E-state index contributed by atoms with van der Waals surface area (Å²) in [6.07, 6.45) is 5.88. The lowest BCUT2D eigenvalue weighted by molar-refractivity contribution is 0.151. The monoisotopic (exact) mass is 220 g/mol. The smallest absolute Gasteiger partial charge is 0.0584 e. The van der Waals surface area contributed by atoms with E-state index in [1.54, 1.807) is 0 Å². The average Bonchev–Trinajstić information content (AvgIpc) is 2.73. The fraction of sp³-hybridized carbons (Fsp3) is 0.750. The first-order chi connectivity index (χ1) is 7.86. The number of rotatable bonds is 1. The van der Waals surface area contributed by atoms with E-state index in [4.69, 9.17) is 0 Å². The average molecular weight is 220 g/mol. The van der Waals surface area contributed by atoms with Crippen LogP contribution in [0.2, 0.25) is 0 Å². The predicted octanol–water partition coefficient (Wildman–Crippen LogP) is 0.703. The molecule has 0 bridgehead atoms. The maximum absolute atomic E-state index is 4.42. The number of nitrogens with zero attached hydrogens (tertiary/aromatic N) is 3. The van der Waals surface area contributed by atoms with Crippen molar-refractivity contribution >= 4 is 0 Å². The molecule has 1 unspecified atom stereocenters. The van der Waals surface area contributed by atoms with Gasteiger partial charge < -0.3 is 5.32 Å². The molecule has 0 amide bonds.